The van der Waals surface area contributed by atoms with Gasteiger partial charge in [-0.1, -0.05) is 73.2 Å². The predicted octanol–water partition coefficient (Wildman–Crippen LogP) is 5.67. The van der Waals surface area contributed by atoms with Gasteiger partial charge in [-0.15, -0.1) is 0 Å². The lowest BCUT2D eigenvalue weighted by molar-refractivity contribution is 0.317. The first-order chi connectivity index (χ1) is 15.8. The fourth-order valence-electron chi connectivity index (χ4n) is 4.93. The third-order valence-electron chi connectivity index (χ3n) is 6.85. The van der Waals surface area contributed by atoms with E-state index in [1.165, 1.54) is 5.56 Å². The lowest BCUT2D eigenvalue weighted by Gasteiger charge is -2.42. The number of hydrogen-bond acceptors (Lipinski definition) is 3. The second kappa shape index (κ2) is 8.01. The minimum absolute atomic E-state index is 0.328. The van der Waals surface area contributed by atoms with E-state index >= 15 is 0 Å². The minimum Gasteiger partial charge on any atom is -0.497 e. The number of aryl methyl sites for hydroxylation is 1. The van der Waals surface area contributed by atoms with Crippen molar-refractivity contribution in [2.24, 2.45) is 0 Å². The molecule has 0 fully saturated rings. The molecule has 1 aliphatic heterocycles. The second-order valence-electron chi connectivity index (χ2n) is 8.96. The maximum absolute atomic E-state index is 13.8. The van der Waals surface area contributed by atoms with Crippen molar-refractivity contribution in [1.29, 1.82) is 0 Å². The molecule has 0 spiro atoms. The maximum atomic E-state index is 13.8. The summed E-state index contributed by atoms with van der Waals surface area (Å²) >= 11 is 0. The Balaban J connectivity index is 1.71. The number of nitrogens with zero attached hydrogens (tertiary/aromatic N) is 1. The fourth-order valence-corrected chi connectivity index (χ4v) is 6.43. The van der Waals surface area contributed by atoms with E-state index in [1.807, 2.05) is 55.5 Å². The van der Waals surface area contributed by atoms with Crippen molar-refractivity contribution < 1.29 is 13.2 Å². The van der Waals surface area contributed by atoms with E-state index in [4.69, 9.17) is 4.74 Å². The molecule has 5 rings (SSSR count). The Morgan fingerprint density at radius 3 is 2.27 bits per heavy atom. The third-order valence-corrected chi connectivity index (χ3v) is 8.65. The van der Waals surface area contributed by atoms with Gasteiger partial charge in [0, 0.05) is 18.5 Å². The molecule has 0 N–H and O–H groups in total. The standard InChI is InChI=1S/C28H27NO3S/c1-20-8-15-24(16-9-20)33(30,31)29-18-26-25-7-5-4-6-21(25)10-17-27(26)28(2,19-29)22-11-13-23(32-3)14-12-22/h4-17H,18-19H2,1-3H3. The molecule has 5 heteroatoms. The van der Waals surface area contributed by atoms with Gasteiger partial charge in [-0.05, 0) is 58.7 Å². The van der Waals surface area contributed by atoms with Crippen molar-refractivity contribution in [3.63, 3.8) is 0 Å². The number of hydrogen-bond donors (Lipinski definition) is 0. The van der Waals surface area contributed by atoms with Gasteiger partial charge in [0.2, 0.25) is 10.0 Å². The predicted molar refractivity (Wildman–Crippen MR) is 132 cm³/mol. The average Bonchev–Trinajstić information content (AvgIpc) is 2.84. The number of fused-ring (bicyclic) bond motifs is 3. The van der Waals surface area contributed by atoms with Crippen molar-refractivity contribution in [2.75, 3.05) is 13.7 Å². The molecule has 0 bridgehead atoms. The first-order valence-corrected chi connectivity index (χ1v) is 12.5. The van der Waals surface area contributed by atoms with Gasteiger partial charge in [0.1, 0.15) is 5.75 Å². The van der Waals surface area contributed by atoms with Crippen LogP contribution in [-0.2, 0) is 22.0 Å². The van der Waals surface area contributed by atoms with Crippen LogP contribution in [0.3, 0.4) is 0 Å². The van der Waals surface area contributed by atoms with Crippen molar-refractivity contribution in [2.45, 2.75) is 30.7 Å². The summed E-state index contributed by atoms with van der Waals surface area (Å²) in [5, 5.41) is 2.21. The zero-order chi connectivity index (χ0) is 23.2. The molecular weight excluding hydrogens is 430 g/mol. The molecule has 4 nitrogen and oxygen atoms in total. The Morgan fingerprint density at radius 1 is 0.879 bits per heavy atom. The zero-order valence-corrected chi connectivity index (χ0v) is 19.9. The molecule has 0 radical (unpaired) electrons. The molecule has 33 heavy (non-hydrogen) atoms. The van der Waals surface area contributed by atoms with Gasteiger partial charge in [-0.2, -0.15) is 4.31 Å². The monoisotopic (exact) mass is 457 g/mol. The van der Waals surface area contributed by atoms with Crippen LogP contribution in [0.1, 0.15) is 29.2 Å². The van der Waals surface area contributed by atoms with E-state index in [0.29, 0.717) is 18.0 Å². The molecular formula is C28H27NO3S. The lowest BCUT2D eigenvalue weighted by Crippen LogP contribution is -2.47. The highest BCUT2D eigenvalue weighted by Gasteiger charge is 2.42. The van der Waals surface area contributed by atoms with Crippen molar-refractivity contribution in [3.05, 3.63) is 107 Å². The summed E-state index contributed by atoms with van der Waals surface area (Å²) < 4.78 is 34.5. The number of rotatable bonds is 4. The van der Waals surface area contributed by atoms with Gasteiger partial charge < -0.3 is 4.74 Å². The van der Waals surface area contributed by atoms with E-state index in [-0.39, 0.29) is 0 Å². The maximum Gasteiger partial charge on any atom is 0.243 e. The normalized spacial score (nSPS) is 18.8. The largest absolute Gasteiger partial charge is 0.497 e. The van der Waals surface area contributed by atoms with E-state index in [9.17, 15) is 8.42 Å². The molecule has 0 saturated heterocycles. The molecule has 4 aromatic carbocycles. The molecule has 0 aliphatic carbocycles. The SMILES string of the molecule is COc1ccc(C2(C)CN(S(=O)(=O)c3ccc(C)cc3)Cc3c2ccc2ccccc32)cc1. The Bertz CT molecular complexity index is 1430. The summed E-state index contributed by atoms with van der Waals surface area (Å²) in [5.74, 6) is 0.779. The fraction of sp³-hybridized carbons (Fsp3) is 0.214. The van der Waals surface area contributed by atoms with Gasteiger partial charge >= 0.3 is 0 Å². The van der Waals surface area contributed by atoms with Crippen LogP contribution in [0, 0.1) is 6.92 Å². The van der Waals surface area contributed by atoms with Crippen LogP contribution in [0.15, 0.2) is 89.8 Å². The molecule has 1 atom stereocenters. The minimum atomic E-state index is -3.67. The van der Waals surface area contributed by atoms with Gasteiger partial charge in [0.25, 0.3) is 0 Å². The Hall–Kier alpha value is -3.15. The smallest absolute Gasteiger partial charge is 0.243 e. The molecule has 1 aliphatic rings. The lowest BCUT2D eigenvalue weighted by atomic mass is 9.71. The van der Waals surface area contributed by atoms with Crippen molar-refractivity contribution in [1.82, 2.24) is 4.31 Å². The molecule has 1 heterocycles. The first kappa shape index (κ1) is 21.7. The third kappa shape index (κ3) is 3.62. The summed E-state index contributed by atoms with van der Waals surface area (Å²) in [6.45, 7) is 4.80. The van der Waals surface area contributed by atoms with Crippen LogP contribution < -0.4 is 4.74 Å². The van der Waals surface area contributed by atoms with Gasteiger partial charge in [0.05, 0.1) is 12.0 Å². The first-order valence-electron chi connectivity index (χ1n) is 11.1. The van der Waals surface area contributed by atoms with Crippen LogP contribution in [-0.4, -0.2) is 26.4 Å². The van der Waals surface area contributed by atoms with Crippen LogP contribution in [0.4, 0.5) is 0 Å². The molecule has 0 amide bonds. The molecule has 0 saturated carbocycles. The highest BCUT2D eigenvalue weighted by Crippen LogP contribution is 2.43. The van der Waals surface area contributed by atoms with Crippen LogP contribution in [0.25, 0.3) is 10.8 Å². The van der Waals surface area contributed by atoms with Gasteiger partial charge in [-0.3, -0.25) is 0 Å². The van der Waals surface area contributed by atoms with E-state index in [0.717, 1.165) is 33.2 Å². The highest BCUT2D eigenvalue weighted by molar-refractivity contribution is 7.89. The van der Waals surface area contributed by atoms with Crippen LogP contribution in [0.2, 0.25) is 0 Å². The Morgan fingerprint density at radius 2 is 1.58 bits per heavy atom. The van der Waals surface area contributed by atoms with E-state index < -0.39 is 15.4 Å². The summed E-state index contributed by atoms with van der Waals surface area (Å²) in [6.07, 6.45) is 0. The summed E-state index contributed by atoms with van der Waals surface area (Å²) in [7, 11) is -2.03. The van der Waals surface area contributed by atoms with Gasteiger partial charge in [-0.25, -0.2) is 8.42 Å². The van der Waals surface area contributed by atoms with Crippen LogP contribution >= 0.6 is 0 Å². The Labute approximate surface area is 195 Å². The Kier molecular flexibility index (Phi) is 5.26. The molecule has 168 valence electrons. The summed E-state index contributed by atoms with van der Waals surface area (Å²) in [4.78, 5) is 0.328. The van der Waals surface area contributed by atoms with Crippen LogP contribution in [0.5, 0.6) is 5.75 Å². The number of sulfonamides is 1. The van der Waals surface area contributed by atoms with Gasteiger partial charge in [0.15, 0.2) is 0 Å². The highest BCUT2D eigenvalue weighted by atomic mass is 32.2. The van der Waals surface area contributed by atoms with Crippen molar-refractivity contribution in [3.8, 4) is 5.75 Å². The van der Waals surface area contributed by atoms with Crippen molar-refractivity contribution >= 4 is 20.8 Å². The molecule has 0 aromatic heterocycles. The summed E-state index contributed by atoms with van der Waals surface area (Å²) in [5.41, 5.74) is 3.81. The topological polar surface area (TPSA) is 46.6 Å². The second-order valence-corrected chi connectivity index (χ2v) is 10.9. The number of ether oxygens (including phenoxy) is 1. The summed E-state index contributed by atoms with van der Waals surface area (Å²) in [6, 6.07) is 27.6. The number of methoxy groups -OCH3 is 1. The molecule has 4 aromatic rings. The average molecular weight is 458 g/mol. The molecule has 1 unspecified atom stereocenters. The van der Waals surface area contributed by atoms with E-state index in [1.54, 1.807) is 23.5 Å². The zero-order valence-electron chi connectivity index (χ0n) is 19.1. The van der Waals surface area contributed by atoms with E-state index in [2.05, 4.69) is 31.2 Å². The number of benzene rings is 4. The quantitative estimate of drug-likeness (QED) is 0.397.